The number of hydrogen-bond acceptors (Lipinski definition) is 5. The molecule has 2 aliphatic heterocycles. The van der Waals surface area contributed by atoms with Crippen LogP contribution in [0.25, 0.3) is 0 Å². The number of rotatable bonds is 4. The van der Waals surface area contributed by atoms with Crippen LogP contribution in [0.1, 0.15) is 5.69 Å². The first kappa shape index (κ1) is 12.8. The number of carbonyl (C=O) groups excluding carboxylic acids is 2. The maximum Gasteiger partial charge on any atom is 0.327 e. The number of nitrogens with zero attached hydrogens (tertiary/aromatic N) is 2. The highest BCUT2D eigenvalue weighted by Crippen LogP contribution is 2.33. The van der Waals surface area contributed by atoms with Crippen LogP contribution in [0, 0.1) is 11.8 Å². The highest BCUT2D eigenvalue weighted by Gasteiger charge is 2.54. The Morgan fingerprint density at radius 2 is 2.10 bits per heavy atom. The number of imidazole rings is 1. The maximum atomic E-state index is 12.2. The van der Waals surface area contributed by atoms with Gasteiger partial charge in [-0.25, -0.2) is 9.78 Å². The van der Waals surface area contributed by atoms with Crippen LogP contribution in [-0.4, -0.2) is 57.0 Å². The van der Waals surface area contributed by atoms with Crippen LogP contribution in [0.4, 0.5) is 0 Å². The minimum atomic E-state index is -1.21. The molecule has 2 N–H and O–H groups in total. The van der Waals surface area contributed by atoms with Gasteiger partial charge in [0, 0.05) is 18.3 Å². The van der Waals surface area contributed by atoms with E-state index in [-0.39, 0.29) is 19.6 Å². The smallest absolute Gasteiger partial charge is 0.327 e. The van der Waals surface area contributed by atoms with Gasteiger partial charge in [0.05, 0.1) is 31.4 Å². The zero-order valence-corrected chi connectivity index (χ0v) is 10.5. The fourth-order valence-electron chi connectivity index (χ4n) is 2.71. The molecule has 1 aromatic rings. The number of ether oxygens (including phenoxy) is 1. The molecule has 8 nitrogen and oxygen atoms in total. The molecule has 0 saturated carbocycles. The quantitative estimate of drug-likeness (QED) is 0.686. The first-order chi connectivity index (χ1) is 9.59. The van der Waals surface area contributed by atoms with Crippen molar-refractivity contribution < 1.29 is 24.2 Å². The van der Waals surface area contributed by atoms with Crippen molar-refractivity contribution in [3.05, 3.63) is 18.2 Å². The van der Waals surface area contributed by atoms with Gasteiger partial charge in [-0.1, -0.05) is 0 Å². The van der Waals surface area contributed by atoms with Gasteiger partial charge in [0.1, 0.15) is 6.04 Å². The van der Waals surface area contributed by atoms with Crippen LogP contribution in [0.2, 0.25) is 0 Å². The lowest BCUT2D eigenvalue weighted by molar-refractivity contribution is -0.155. The van der Waals surface area contributed by atoms with Gasteiger partial charge in [0.2, 0.25) is 11.8 Å². The van der Waals surface area contributed by atoms with Crippen LogP contribution >= 0.6 is 0 Å². The summed E-state index contributed by atoms with van der Waals surface area (Å²) in [6.45, 7) is 0.365. The molecule has 2 amide bonds. The Morgan fingerprint density at radius 3 is 2.60 bits per heavy atom. The number of carboxylic acids is 1. The van der Waals surface area contributed by atoms with E-state index in [2.05, 4.69) is 9.97 Å². The van der Waals surface area contributed by atoms with Crippen molar-refractivity contribution in [3.63, 3.8) is 0 Å². The van der Waals surface area contributed by atoms with Gasteiger partial charge in [-0.05, 0) is 0 Å². The Morgan fingerprint density at radius 1 is 1.45 bits per heavy atom. The number of H-pyrrole nitrogens is 1. The second-order valence-electron chi connectivity index (χ2n) is 4.93. The van der Waals surface area contributed by atoms with E-state index in [1.165, 1.54) is 12.5 Å². The summed E-state index contributed by atoms with van der Waals surface area (Å²) in [5, 5.41) is 9.32. The lowest BCUT2D eigenvalue weighted by Gasteiger charge is -2.23. The number of hydrogen-bond donors (Lipinski definition) is 2. The third-order valence-corrected chi connectivity index (χ3v) is 3.75. The van der Waals surface area contributed by atoms with Gasteiger partial charge >= 0.3 is 5.97 Å². The Labute approximate surface area is 113 Å². The van der Waals surface area contributed by atoms with E-state index >= 15 is 0 Å². The Hall–Kier alpha value is -2.22. The van der Waals surface area contributed by atoms with Crippen molar-refractivity contribution in [1.29, 1.82) is 0 Å². The van der Waals surface area contributed by atoms with Gasteiger partial charge in [-0.3, -0.25) is 14.5 Å². The van der Waals surface area contributed by atoms with Crippen molar-refractivity contribution in [1.82, 2.24) is 14.9 Å². The van der Waals surface area contributed by atoms with Crippen LogP contribution in [-0.2, 0) is 25.5 Å². The number of fused-ring (bicyclic) bond motifs is 1. The highest BCUT2D eigenvalue weighted by molar-refractivity contribution is 6.08. The largest absolute Gasteiger partial charge is 0.480 e. The number of amides is 2. The molecule has 3 rings (SSSR count). The van der Waals surface area contributed by atoms with Crippen molar-refractivity contribution in [2.24, 2.45) is 11.8 Å². The molecule has 2 aliphatic rings. The van der Waals surface area contributed by atoms with Crippen molar-refractivity contribution in [2.45, 2.75) is 12.5 Å². The third-order valence-electron chi connectivity index (χ3n) is 3.75. The first-order valence-corrected chi connectivity index (χ1v) is 6.24. The van der Waals surface area contributed by atoms with E-state index in [1.807, 2.05) is 0 Å². The number of aliphatic carboxylic acids is 1. The SMILES string of the molecule is O=C(O)[C@H](Cc1cnc[nH]1)N1C(=O)[C@H]2COC[C@H]2C1=O. The molecule has 20 heavy (non-hydrogen) atoms. The topological polar surface area (TPSA) is 113 Å². The van der Waals surface area contributed by atoms with Crippen LogP contribution in [0.15, 0.2) is 12.5 Å². The predicted molar refractivity (Wildman–Crippen MR) is 63.4 cm³/mol. The van der Waals surface area contributed by atoms with Gasteiger partial charge in [-0.15, -0.1) is 0 Å². The lowest BCUT2D eigenvalue weighted by Crippen LogP contribution is -2.47. The molecule has 8 heteroatoms. The van der Waals surface area contributed by atoms with Crippen molar-refractivity contribution in [2.75, 3.05) is 13.2 Å². The van der Waals surface area contributed by atoms with Gasteiger partial charge in [0.25, 0.3) is 0 Å². The average Bonchev–Trinajstić information content (AvgIpc) is 3.10. The molecule has 0 spiro atoms. The lowest BCUT2D eigenvalue weighted by atomic mass is 10.00. The molecule has 0 aliphatic carbocycles. The number of aromatic nitrogens is 2. The van der Waals surface area contributed by atoms with E-state index in [0.717, 1.165) is 4.90 Å². The number of imide groups is 1. The number of carboxylic acid groups (broad SMARTS) is 1. The molecule has 106 valence electrons. The molecular weight excluding hydrogens is 266 g/mol. The molecular formula is C12H13N3O5. The summed E-state index contributed by atoms with van der Waals surface area (Å²) in [7, 11) is 0. The molecule has 3 heterocycles. The Kier molecular flexibility index (Phi) is 3.01. The van der Waals surface area contributed by atoms with E-state index < -0.39 is 35.7 Å². The van der Waals surface area contributed by atoms with Crippen LogP contribution < -0.4 is 0 Å². The summed E-state index contributed by atoms with van der Waals surface area (Å²) in [6, 6.07) is -1.21. The summed E-state index contributed by atoms with van der Waals surface area (Å²) in [6.07, 6.45) is 2.92. The number of likely N-dealkylation sites (tertiary alicyclic amines) is 1. The highest BCUT2D eigenvalue weighted by atomic mass is 16.5. The first-order valence-electron chi connectivity index (χ1n) is 6.24. The summed E-state index contributed by atoms with van der Waals surface area (Å²) in [5.41, 5.74) is 0.561. The third kappa shape index (κ3) is 1.88. The fraction of sp³-hybridized carbons (Fsp3) is 0.500. The van der Waals surface area contributed by atoms with E-state index in [1.54, 1.807) is 0 Å². The van der Waals surface area contributed by atoms with Gasteiger partial charge in [0.15, 0.2) is 0 Å². The molecule has 0 bridgehead atoms. The number of carbonyl (C=O) groups is 3. The second-order valence-corrected chi connectivity index (χ2v) is 4.93. The average molecular weight is 279 g/mol. The molecule has 2 saturated heterocycles. The second kappa shape index (κ2) is 4.71. The standard InChI is InChI=1S/C12H13N3O5/c16-10-7-3-20-4-8(7)11(17)15(10)9(12(18)19)1-6-2-13-5-14-6/h2,5,7-9H,1,3-4H2,(H,13,14)(H,18,19)/t7-,8+,9-/m0/s1. The van der Waals surface area contributed by atoms with Crippen LogP contribution in [0.3, 0.4) is 0 Å². The number of aromatic amines is 1. The van der Waals surface area contributed by atoms with E-state index in [0.29, 0.717) is 5.69 Å². The van der Waals surface area contributed by atoms with E-state index in [9.17, 15) is 19.5 Å². The van der Waals surface area contributed by atoms with Gasteiger partial charge < -0.3 is 14.8 Å². The summed E-state index contributed by atoms with van der Waals surface area (Å²) >= 11 is 0. The van der Waals surface area contributed by atoms with Gasteiger partial charge in [-0.2, -0.15) is 0 Å². The molecule has 1 aromatic heterocycles. The molecule has 0 radical (unpaired) electrons. The monoisotopic (exact) mass is 279 g/mol. The minimum Gasteiger partial charge on any atom is -0.480 e. The summed E-state index contributed by atoms with van der Waals surface area (Å²) in [4.78, 5) is 43.3. The molecule has 2 fully saturated rings. The van der Waals surface area contributed by atoms with Crippen molar-refractivity contribution in [3.8, 4) is 0 Å². The number of nitrogens with one attached hydrogen (secondary N) is 1. The fourth-order valence-corrected chi connectivity index (χ4v) is 2.71. The molecule has 3 atom stereocenters. The van der Waals surface area contributed by atoms with E-state index in [4.69, 9.17) is 4.74 Å². The Bertz CT molecular complexity index is 533. The predicted octanol–water partition coefficient (Wildman–Crippen LogP) is -0.963. The minimum absolute atomic E-state index is 0.0209. The normalized spacial score (nSPS) is 26.9. The summed E-state index contributed by atoms with van der Waals surface area (Å²) in [5.74, 6) is -3.19. The molecule has 0 unspecified atom stereocenters. The summed E-state index contributed by atoms with van der Waals surface area (Å²) < 4.78 is 5.11. The maximum absolute atomic E-state index is 12.2. The van der Waals surface area contributed by atoms with Crippen molar-refractivity contribution >= 4 is 17.8 Å². The Balaban J connectivity index is 1.86. The zero-order chi connectivity index (χ0) is 14.3. The van der Waals surface area contributed by atoms with Crippen LogP contribution in [0.5, 0.6) is 0 Å². The molecule has 0 aromatic carbocycles. The zero-order valence-electron chi connectivity index (χ0n) is 10.5.